The topological polar surface area (TPSA) is 48.0 Å². The molecule has 1 heterocycles. The minimum atomic E-state index is -0.929. The Bertz CT molecular complexity index is 901. The minimum Gasteiger partial charge on any atom is -0.387 e. The molecule has 0 amide bonds. The van der Waals surface area contributed by atoms with Crippen molar-refractivity contribution >= 4 is 23.2 Å². The van der Waals surface area contributed by atoms with Gasteiger partial charge in [-0.3, -0.25) is 0 Å². The zero-order chi connectivity index (χ0) is 15.9. The van der Waals surface area contributed by atoms with Gasteiger partial charge in [-0.05, 0) is 30.3 Å². The summed E-state index contributed by atoms with van der Waals surface area (Å²) in [7, 11) is 0. The smallest absolute Gasteiger partial charge is 0.387 e. The lowest BCUT2D eigenvalue weighted by Gasteiger charge is -2.02. The highest BCUT2D eigenvalue weighted by atomic mass is 35.5. The molecule has 0 saturated heterocycles. The van der Waals surface area contributed by atoms with Crippen LogP contribution in [0.3, 0.4) is 0 Å². The van der Waals surface area contributed by atoms with Crippen LogP contribution in [0.25, 0.3) is 17.1 Å². The van der Waals surface area contributed by atoms with Crippen molar-refractivity contribution in [1.29, 1.82) is 0 Å². The number of rotatable bonds is 2. The molecule has 0 aliphatic carbocycles. The van der Waals surface area contributed by atoms with Crippen LogP contribution in [-0.4, -0.2) is 9.78 Å². The van der Waals surface area contributed by atoms with E-state index in [0.29, 0.717) is 5.02 Å². The summed E-state index contributed by atoms with van der Waals surface area (Å²) < 4.78 is 33.1. The van der Waals surface area contributed by atoms with E-state index in [9.17, 15) is 13.6 Å². The average molecular weight is 343 g/mol. The second kappa shape index (κ2) is 5.55. The van der Waals surface area contributed by atoms with Crippen molar-refractivity contribution in [2.24, 2.45) is 0 Å². The molecule has 0 atom stereocenters. The fourth-order valence-electron chi connectivity index (χ4n) is 1.89. The molecule has 0 N–H and O–H groups in total. The van der Waals surface area contributed by atoms with Crippen LogP contribution in [0.15, 0.2) is 45.6 Å². The quantitative estimate of drug-likeness (QED) is 0.705. The van der Waals surface area contributed by atoms with E-state index in [4.69, 9.17) is 27.6 Å². The largest absolute Gasteiger partial charge is 0.442 e. The molecule has 0 radical (unpaired) electrons. The van der Waals surface area contributed by atoms with E-state index in [1.54, 1.807) is 0 Å². The van der Waals surface area contributed by atoms with Gasteiger partial charge in [-0.1, -0.05) is 29.3 Å². The van der Waals surface area contributed by atoms with Crippen LogP contribution >= 0.6 is 23.2 Å². The molecule has 1 aromatic heterocycles. The van der Waals surface area contributed by atoms with Gasteiger partial charge in [0.05, 0.1) is 10.7 Å². The Kier molecular flexibility index (Phi) is 3.72. The van der Waals surface area contributed by atoms with Crippen molar-refractivity contribution in [3.63, 3.8) is 0 Å². The Morgan fingerprint density at radius 2 is 1.77 bits per heavy atom. The highest BCUT2D eigenvalue weighted by Gasteiger charge is 2.20. The lowest BCUT2D eigenvalue weighted by molar-refractivity contribution is 0.504. The zero-order valence-corrected chi connectivity index (χ0v) is 12.2. The first-order valence-corrected chi connectivity index (χ1v) is 6.73. The van der Waals surface area contributed by atoms with Gasteiger partial charge in [0.25, 0.3) is 5.89 Å². The van der Waals surface area contributed by atoms with Crippen LogP contribution in [0.1, 0.15) is 0 Å². The number of halogens is 4. The molecule has 112 valence electrons. The van der Waals surface area contributed by atoms with Crippen LogP contribution in [0.5, 0.6) is 0 Å². The van der Waals surface area contributed by atoms with Crippen molar-refractivity contribution in [1.82, 2.24) is 9.78 Å². The van der Waals surface area contributed by atoms with E-state index in [2.05, 4.69) is 5.10 Å². The molecule has 3 rings (SSSR count). The Hall–Kier alpha value is -2.18. The second-order valence-corrected chi connectivity index (χ2v) is 5.12. The van der Waals surface area contributed by atoms with Crippen molar-refractivity contribution in [3.05, 3.63) is 68.6 Å². The maximum absolute atomic E-state index is 13.7. The first kappa shape index (κ1) is 14.7. The Morgan fingerprint density at radius 3 is 2.41 bits per heavy atom. The Balaban J connectivity index is 2.18. The highest BCUT2D eigenvalue weighted by molar-refractivity contribution is 6.35. The van der Waals surface area contributed by atoms with Crippen LogP contribution in [0.2, 0.25) is 10.0 Å². The van der Waals surface area contributed by atoms with Crippen molar-refractivity contribution in [2.75, 3.05) is 0 Å². The lowest BCUT2D eigenvalue weighted by Crippen LogP contribution is -2.13. The van der Waals surface area contributed by atoms with Crippen LogP contribution in [0, 0.1) is 11.6 Å². The standard InChI is InChI=1S/C14H6Cl2F2N2O2/c15-7-4-5-11(8(16)6-7)20-14(21)22-13(19-20)12-9(17)2-1-3-10(12)18/h1-6H. The summed E-state index contributed by atoms with van der Waals surface area (Å²) in [6.45, 7) is 0. The maximum atomic E-state index is 13.7. The van der Waals surface area contributed by atoms with Gasteiger partial charge < -0.3 is 4.42 Å². The number of nitrogens with zero attached hydrogens (tertiary/aromatic N) is 2. The summed E-state index contributed by atoms with van der Waals surface area (Å²) in [5.41, 5.74) is -0.341. The van der Waals surface area contributed by atoms with E-state index in [1.807, 2.05) is 0 Å². The predicted octanol–water partition coefficient (Wildman–Crippen LogP) is 4.08. The summed E-state index contributed by atoms with van der Waals surface area (Å²) in [6, 6.07) is 7.60. The third kappa shape index (κ3) is 2.51. The highest BCUT2D eigenvalue weighted by Crippen LogP contribution is 2.26. The third-order valence-electron chi connectivity index (χ3n) is 2.86. The number of benzene rings is 2. The molecule has 4 nitrogen and oxygen atoms in total. The Morgan fingerprint density at radius 1 is 1.09 bits per heavy atom. The van der Waals surface area contributed by atoms with Crippen LogP contribution < -0.4 is 5.76 Å². The van der Waals surface area contributed by atoms with Gasteiger partial charge in [-0.15, -0.1) is 5.10 Å². The fraction of sp³-hybridized carbons (Fsp3) is 0. The van der Waals surface area contributed by atoms with Gasteiger partial charge in [0.15, 0.2) is 0 Å². The summed E-state index contributed by atoms with van der Waals surface area (Å²) >= 11 is 11.8. The van der Waals surface area contributed by atoms with E-state index in [1.165, 1.54) is 24.3 Å². The normalized spacial score (nSPS) is 10.9. The summed E-state index contributed by atoms with van der Waals surface area (Å²) in [5.74, 6) is -3.19. The summed E-state index contributed by atoms with van der Waals surface area (Å²) in [5, 5.41) is 4.30. The second-order valence-electron chi connectivity index (χ2n) is 4.28. The molecule has 0 spiro atoms. The van der Waals surface area contributed by atoms with Gasteiger partial charge in [0.1, 0.15) is 17.2 Å². The van der Waals surface area contributed by atoms with Crippen LogP contribution in [-0.2, 0) is 0 Å². The minimum absolute atomic E-state index is 0.142. The first-order valence-electron chi connectivity index (χ1n) is 5.97. The molecule has 2 aromatic carbocycles. The number of hydrogen-bond donors (Lipinski definition) is 0. The number of hydrogen-bond acceptors (Lipinski definition) is 3. The van der Waals surface area contributed by atoms with Gasteiger partial charge >= 0.3 is 5.76 Å². The SMILES string of the molecule is O=c1oc(-c2c(F)cccc2F)nn1-c1ccc(Cl)cc1Cl. The predicted molar refractivity (Wildman–Crippen MR) is 77.5 cm³/mol. The number of aromatic nitrogens is 2. The first-order chi connectivity index (χ1) is 10.5. The van der Waals surface area contributed by atoms with Gasteiger partial charge in [-0.2, -0.15) is 4.68 Å². The zero-order valence-electron chi connectivity index (χ0n) is 10.7. The van der Waals surface area contributed by atoms with E-state index >= 15 is 0 Å². The van der Waals surface area contributed by atoms with E-state index in [0.717, 1.165) is 16.8 Å². The van der Waals surface area contributed by atoms with Crippen molar-refractivity contribution in [3.8, 4) is 17.1 Å². The van der Waals surface area contributed by atoms with Gasteiger partial charge in [-0.25, -0.2) is 13.6 Å². The van der Waals surface area contributed by atoms with E-state index in [-0.39, 0.29) is 10.7 Å². The molecule has 8 heteroatoms. The van der Waals surface area contributed by atoms with Crippen molar-refractivity contribution < 1.29 is 13.2 Å². The lowest BCUT2D eigenvalue weighted by atomic mass is 10.2. The fourth-order valence-corrected chi connectivity index (χ4v) is 2.37. The maximum Gasteiger partial charge on any atom is 0.442 e. The molecular weight excluding hydrogens is 337 g/mol. The molecule has 3 aromatic rings. The molecular formula is C14H6Cl2F2N2O2. The summed E-state index contributed by atoms with van der Waals surface area (Å²) in [6.07, 6.45) is 0. The molecule has 0 bridgehead atoms. The average Bonchev–Trinajstić information content (AvgIpc) is 2.80. The van der Waals surface area contributed by atoms with Crippen molar-refractivity contribution in [2.45, 2.75) is 0 Å². The molecule has 0 fully saturated rings. The van der Waals surface area contributed by atoms with Gasteiger partial charge in [0, 0.05) is 5.02 Å². The summed E-state index contributed by atoms with van der Waals surface area (Å²) in [4.78, 5) is 11.9. The molecule has 0 saturated carbocycles. The van der Waals surface area contributed by atoms with E-state index < -0.39 is 28.8 Å². The molecule has 0 aliphatic rings. The van der Waals surface area contributed by atoms with Crippen LogP contribution in [0.4, 0.5) is 8.78 Å². The Labute approximate surface area is 132 Å². The molecule has 22 heavy (non-hydrogen) atoms. The monoisotopic (exact) mass is 342 g/mol. The molecule has 0 unspecified atom stereocenters. The molecule has 0 aliphatic heterocycles. The van der Waals surface area contributed by atoms with Gasteiger partial charge in [0.2, 0.25) is 0 Å². The third-order valence-corrected chi connectivity index (χ3v) is 3.40.